The molecule has 1 unspecified atom stereocenters. The van der Waals surface area contributed by atoms with Crippen LogP contribution in [-0.2, 0) is 11.2 Å². The third kappa shape index (κ3) is 2.12. The Morgan fingerprint density at radius 2 is 2.22 bits per heavy atom. The summed E-state index contributed by atoms with van der Waals surface area (Å²) in [6, 6.07) is 0.302. The minimum atomic E-state index is 0.254. The highest BCUT2D eigenvalue weighted by Crippen LogP contribution is 2.33. The Labute approximate surface area is 111 Å². The minimum absolute atomic E-state index is 0.254. The predicted octanol–water partition coefficient (Wildman–Crippen LogP) is 1.68. The molecule has 18 heavy (non-hydrogen) atoms. The monoisotopic (exact) mass is 269 g/mol. The second kappa shape index (κ2) is 4.90. The van der Waals surface area contributed by atoms with E-state index in [0.717, 1.165) is 44.0 Å². The summed E-state index contributed by atoms with van der Waals surface area (Å²) in [7, 11) is 0. The van der Waals surface area contributed by atoms with Crippen LogP contribution in [-0.4, -0.2) is 42.4 Å². The van der Waals surface area contributed by atoms with E-state index in [9.17, 15) is 0 Å². The highest BCUT2D eigenvalue weighted by Gasteiger charge is 2.27. The molecule has 0 aliphatic carbocycles. The van der Waals surface area contributed by atoms with Crippen LogP contribution in [0.4, 0.5) is 5.82 Å². The van der Waals surface area contributed by atoms with Crippen molar-refractivity contribution in [2.75, 3.05) is 31.3 Å². The largest absolute Gasteiger partial charge is 0.477 e. The van der Waals surface area contributed by atoms with Gasteiger partial charge in [0.25, 0.3) is 0 Å². The fraction of sp³-hybridized carbons (Fsp3) is 0.667. The van der Waals surface area contributed by atoms with E-state index in [1.54, 1.807) is 0 Å². The van der Waals surface area contributed by atoms with E-state index in [2.05, 4.69) is 21.8 Å². The fourth-order valence-corrected chi connectivity index (χ4v) is 2.62. The molecule has 3 rings (SSSR count). The van der Waals surface area contributed by atoms with Gasteiger partial charge in [-0.1, -0.05) is 0 Å². The molecule has 0 amide bonds. The molecular weight excluding hydrogens is 254 g/mol. The van der Waals surface area contributed by atoms with Crippen molar-refractivity contribution in [3.05, 3.63) is 10.8 Å². The lowest BCUT2D eigenvalue weighted by molar-refractivity contribution is 0.0983. The Hall–Kier alpha value is -1.07. The van der Waals surface area contributed by atoms with Gasteiger partial charge in [0.2, 0.25) is 11.2 Å². The molecule has 98 valence electrons. The fourth-order valence-electron chi connectivity index (χ4n) is 2.46. The zero-order chi connectivity index (χ0) is 12.5. The summed E-state index contributed by atoms with van der Waals surface area (Å²) in [5, 5.41) is 0.254. The van der Waals surface area contributed by atoms with Crippen molar-refractivity contribution in [2.24, 2.45) is 0 Å². The van der Waals surface area contributed by atoms with E-state index in [-0.39, 0.29) is 5.28 Å². The Balaban J connectivity index is 2.01. The van der Waals surface area contributed by atoms with Crippen molar-refractivity contribution in [3.8, 4) is 5.88 Å². The summed E-state index contributed by atoms with van der Waals surface area (Å²) in [5.74, 6) is 1.57. The molecule has 1 fully saturated rings. The van der Waals surface area contributed by atoms with Crippen LogP contribution in [0.15, 0.2) is 0 Å². The summed E-state index contributed by atoms with van der Waals surface area (Å²) >= 11 is 5.99. The molecule has 1 atom stereocenters. The van der Waals surface area contributed by atoms with Crippen LogP contribution < -0.4 is 9.64 Å². The van der Waals surface area contributed by atoms with Crippen LogP contribution in [0.2, 0.25) is 5.28 Å². The Kier molecular flexibility index (Phi) is 3.26. The lowest BCUT2D eigenvalue weighted by Crippen LogP contribution is -2.44. The third-order valence-electron chi connectivity index (χ3n) is 3.37. The normalized spacial score (nSPS) is 23.4. The summed E-state index contributed by atoms with van der Waals surface area (Å²) in [4.78, 5) is 10.8. The number of hydrogen-bond donors (Lipinski definition) is 0. The topological polar surface area (TPSA) is 47.5 Å². The van der Waals surface area contributed by atoms with E-state index >= 15 is 0 Å². The van der Waals surface area contributed by atoms with Gasteiger partial charge in [-0.3, -0.25) is 0 Å². The van der Waals surface area contributed by atoms with Crippen molar-refractivity contribution in [2.45, 2.75) is 25.8 Å². The Bertz CT molecular complexity index is 455. The number of ether oxygens (including phenoxy) is 2. The first kappa shape index (κ1) is 12.0. The molecule has 5 nitrogen and oxygen atoms in total. The molecular formula is C12H16ClN3O2. The van der Waals surface area contributed by atoms with Gasteiger partial charge < -0.3 is 14.4 Å². The summed E-state index contributed by atoms with van der Waals surface area (Å²) in [5.41, 5.74) is 1.08. The molecule has 1 aromatic heterocycles. The quantitative estimate of drug-likeness (QED) is 0.726. The average molecular weight is 270 g/mol. The molecule has 2 aliphatic heterocycles. The van der Waals surface area contributed by atoms with Crippen molar-refractivity contribution in [1.82, 2.24) is 9.97 Å². The third-order valence-corrected chi connectivity index (χ3v) is 3.54. The minimum Gasteiger partial charge on any atom is -0.477 e. The number of anilines is 1. The first-order valence-electron chi connectivity index (χ1n) is 6.29. The van der Waals surface area contributed by atoms with Gasteiger partial charge in [0.1, 0.15) is 5.82 Å². The van der Waals surface area contributed by atoms with E-state index in [1.807, 2.05) is 0 Å². The van der Waals surface area contributed by atoms with Gasteiger partial charge in [-0.25, -0.2) is 4.98 Å². The van der Waals surface area contributed by atoms with Crippen molar-refractivity contribution in [1.29, 1.82) is 0 Å². The van der Waals surface area contributed by atoms with Crippen molar-refractivity contribution >= 4 is 17.4 Å². The van der Waals surface area contributed by atoms with Gasteiger partial charge in [-0.2, -0.15) is 4.98 Å². The average Bonchev–Trinajstić information content (AvgIpc) is 2.38. The first-order chi connectivity index (χ1) is 8.75. The zero-order valence-corrected chi connectivity index (χ0v) is 11.1. The van der Waals surface area contributed by atoms with Crippen LogP contribution in [0, 0.1) is 0 Å². The summed E-state index contributed by atoms with van der Waals surface area (Å²) in [6.07, 6.45) is 1.95. The van der Waals surface area contributed by atoms with Crippen molar-refractivity contribution < 1.29 is 9.47 Å². The van der Waals surface area contributed by atoms with Crippen LogP contribution in [0.5, 0.6) is 5.88 Å². The van der Waals surface area contributed by atoms with E-state index < -0.39 is 0 Å². The Morgan fingerprint density at radius 1 is 1.33 bits per heavy atom. The maximum atomic E-state index is 5.99. The Morgan fingerprint density at radius 3 is 3.06 bits per heavy atom. The highest BCUT2D eigenvalue weighted by atomic mass is 35.5. The molecule has 0 radical (unpaired) electrons. The van der Waals surface area contributed by atoms with Crippen LogP contribution >= 0.6 is 11.6 Å². The van der Waals surface area contributed by atoms with Gasteiger partial charge in [0.15, 0.2) is 0 Å². The van der Waals surface area contributed by atoms with E-state index in [1.165, 1.54) is 0 Å². The molecule has 3 heterocycles. The lowest BCUT2D eigenvalue weighted by atomic mass is 10.1. The molecule has 0 saturated carbocycles. The summed E-state index contributed by atoms with van der Waals surface area (Å²) < 4.78 is 11.0. The standard InChI is InChI=1S/C12H16ClN3O2/c1-8-7-17-6-4-16(8)10-9-3-2-5-18-11(9)15-12(13)14-10/h8H,2-7H2,1H3. The molecule has 6 heteroatoms. The molecule has 0 N–H and O–H groups in total. The SMILES string of the molecule is CC1COCCN1c1nc(Cl)nc2c1CCCO2. The maximum absolute atomic E-state index is 5.99. The smallest absolute Gasteiger partial charge is 0.227 e. The first-order valence-corrected chi connectivity index (χ1v) is 6.67. The number of nitrogens with zero attached hydrogens (tertiary/aromatic N) is 3. The molecule has 0 aromatic carbocycles. The number of fused-ring (bicyclic) bond motifs is 1. The number of halogens is 1. The number of morpholine rings is 1. The van der Waals surface area contributed by atoms with Gasteiger partial charge in [-0.15, -0.1) is 0 Å². The molecule has 2 aliphatic rings. The van der Waals surface area contributed by atoms with Gasteiger partial charge >= 0.3 is 0 Å². The van der Waals surface area contributed by atoms with Crippen LogP contribution in [0.25, 0.3) is 0 Å². The number of hydrogen-bond acceptors (Lipinski definition) is 5. The predicted molar refractivity (Wildman–Crippen MR) is 68.5 cm³/mol. The van der Waals surface area contributed by atoms with Gasteiger partial charge in [0, 0.05) is 6.54 Å². The molecule has 1 saturated heterocycles. The van der Waals surface area contributed by atoms with Gasteiger partial charge in [-0.05, 0) is 31.4 Å². The van der Waals surface area contributed by atoms with Crippen molar-refractivity contribution in [3.63, 3.8) is 0 Å². The molecule has 1 aromatic rings. The maximum Gasteiger partial charge on any atom is 0.227 e. The summed E-state index contributed by atoms with van der Waals surface area (Å²) in [6.45, 7) is 5.11. The second-order valence-corrected chi connectivity index (χ2v) is 5.01. The van der Waals surface area contributed by atoms with Gasteiger partial charge in [0.05, 0.1) is 31.4 Å². The highest BCUT2D eigenvalue weighted by molar-refractivity contribution is 6.28. The van der Waals surface area contributed by atoms with E-state index in [4.69, 9.17) is 21.1 Å². The number of aromatic nitrogens is 2. The second-order valence-electron chi connectivity index (χ2n) is 4.67. The van der Waals surface area contributed by atoms with Crippen LogP contribution in [0.1, 0.15) is 18.9 Å². The van der Waals surface area contributed by atoms with E-state index in [0.29, 0.717) is 18.5 Å². The lowest BCUT2D eigenvalue weighted by Gasteiger charge is -2.36. The number of rotatable bonds is 1. The molecule has 0 bridgehead atoms. The molecule has 0 spiro atoms. The zero-order valence-electron chi connectivity index (χ0n) is 10.4. The van der Waals surface area contributed by atoms with Crippen LogP contribution in [0.3, 0.4) is 0 Å².